The van der Waals surface area contributed by atoms with Crippen LogP contribution in [-0.4, -0.2) is 24.0 Å². The van der Waals surface area contributed by atoms with Crippen molar-refractivity contribution in [3.05, 3.63) is 53.7 Å². The third kappa shape index (κ3) is 3.69. The van der Waals surface area contributed by atoms with Crippen LogP contribution in [0, 0.1) is 0 Å². The SMILES string of the molecule is CN(C)Cc1ccccc1OCc1cccnc1N. The number of benzene rings is 1. The summed E-state index contributed by atoms with van der Waals surface area (Å²) in [6, 6.07) is 11.8. The van der Waals surface area contributed by atoms with Crippen molar-refractivity contribution in [2.75, 3.05) is 19.8 Å². The van der Waals surface area contributed by atoms with E-state index >= 15 is 0 Å². The average molecular weight is 257 g/mol. The number of hydrogen-bond donors (Lipinski definition) is 1. The number of para-hydroxylation sites is 1. The molecule has 2 rings (SSSR count). The molecule has 0 saturated heterocycles. The maximum Gasteiger partial charge on any atom is 0.129 e. The van der Waals surface area contributed by atoms with E-state index in [4.69, 9.17) is 10.5 Å². The first-order valence-electron chi connectivity index (χ1n) is 6.21. The second kappa shape index (κ2) is 6.20. The molecule has 0 atom stereocenters. The van der Waals surface area contributed by atoms with Gasteiger partial charge in [0.1, 0.15) is 18.2 Å². The Kier molecular flexibility index (Phi) is 4.36. The van der Waals surface area contributed by atoms with Crippen molar-refractivity contribution in [1.82, 2.24) is 9.88 Å². The van der Waals surface area contributed by atoms with Gasteiger partial charge in [-0.15, -0.1) is 0 Å². The lowest BCUT2D eigenvalue weighted by Crippen LogP contribution is -2.12. The summed E-state index contributed by atoms with van der Waals surface area (Å²) in [7, 11) is 4.08. The summed E-state index contributed by atoms with van der Waals surface area (Å²) < 4.78 is 5.86. The van der Waals surface area contributed by atoms with Crippen LogP contribution in [0.2, 0.25) is 0 Å². The molecule has 0 aliphatic carbocycles. The van der Waals surface area contributed by atoms with Crippen LogP contribution < -0.4 is 10.5 Å². The normalized spacial score (nSPS) is 10.7. The van der Waals surface area contributed by atoms with Gasteiger partial charge >= 0.3 is 0 Å². The first-order valence-corrected chi connectivity index (χ1v) is 6.21. The molecule has 0 amide bonds. The van der Waals surface area contributed by atoms with Crippen LogP contribution in [0.25, 0.3) is 0 Å². The summed E-state index contributed by atoms with van der Waals surface area (Å²) >= 11 is 0. The number of hydrogen-bond acceptors (Lipinski definition) is 4. The van der Waals surface area contributed by atoms with Crippen LogP contribution >= 0.6 is 0 Å². The first-order chi connectivity index (χ1) is 9.16. The molecule has 2 aromatic rings. The van der Waals surface area contributed by atoms with Gasteiger partial charge in [0, 0.05) is 23.9 Å². The van der Waals surface area contributed by atoms with Gasteiger partial charge in [-0.05, 0) is 26.2 Å². The number of nitrogens with zero attached hydrogens (tertiary/aromatic N) is 2. The molecule has 4 nitrogen and oxygen atoms in total. The van der Waals surface area contributed by atoms with Crippen molar-refractivity contribution < 1.29 is 4.74 Å². The molecule has 0 spiro atoms. The summed E-state index contributed by atoms with van der Waals surface area (Å²) in [4.78, 5) is 6.16. The largest absolute Gasteiger partial charge is 0.488 e. The monoisotopic (exact) mass is 257 g/mol. The van der Waals surface area contributed by atoms with E-state index in [0.717, 1.165) is 23.4 Å². The lowest BCUT2D eigenvalue weighted by Gasteiger charge is -2.15. The second-order valence-electron chi connectivity index (χ2n) is 4.68. The van der Waals surface area contributed by atoms with E-state index in [2.05, 4.69) is 16.0 Å². The van der Waals surface area contributed by atoms with E-state index in [1.54, 1.807) is 6.20 Å². The number of nitrogen functional groups attached to an aromatic ring is 1. The molecule has 0 unspecified atom stereocenters. The fourth-order valence-electron chi connectivity index (χ4n) is 1.84. The van der Waals surface area contributed by atoms with Gasteiger partial charge in [-0.3, -0.25) is 0 Å². The number of ether oxygens (including phenoxy) is 1. The van der Waals surface area contributed by atoms with Gasteiger partial charge in [0.05, 0.1) is 0 Å². The smallest absolute Gasteiger partial charge is 0.129 e. The van der Waals surface area contributed by atoms with E-state index < -0.39 is 0 Å². The minimum Gasteiger partial charge on any atom is -0.488 e. The molecule has 0 aliphatic heterocycles. The maximum atomic E-state index is 5.86. The highest BCUT2D eigenvalue weighted by Crippen LogP contribution is 2.21. The molecule has 2 N–H and O–H groups in total. The first kappa shape index (κ1) is 13.4. The molecule has 1 aromatic carbocycles. The fraction of sp³-hybridized carbons (Fsp3) is 0.267. The topological polar surface area (TPSA) is 51.4 Å². The molecule has 0 fully saturated rings. The Bertz CT molecular complexity index is 540. The van der Waals surface area contributed by atoms with Crippen LogP contribution in [0.5, 0.6) is 5.75 Å². The van der Waals surface area contributed by atoms with Crippen LogP contribution in [-0.2, 0) is 13.2 Å². The van der Waals surface area contributed by atoms with E-state index in [9.17, 15) is 0 Å². The van der Waals surface area contributed by atoms with Crippen molar-refractivity contribution in [2.45, 2.75) is 13.2 Å². The lowest BCUT2D eigenvalue weighted by molar-refractivity contribution is 0.296. The van der Waals surface area contributed by atoms with Gasteiger partial charge in [0.25, 0.3) is 0 Å². The quantitative estimate of drug-likeness (QED) is 0.893. The van der Waals surface area contributed by atoms with Crippen molar-refractivity contribution >= 4 is 5.82 Å². The van der Waals surface area contributed by atoms with Crippen molar-refractivity contribution in [3.8, 4) is 5.75 Å². The molecule has 1 heterocycles. The predicted molar refractivity (Wildman–Crippen MR) is 76.8 cm³/mol. The van der Waals surface area contributed by atoms with Crippen LogP contribution in [0.1, 0.15) is 11.1 Å². The summed E-state index contributed by atoms with van der Waals surface area (Å²) in [5.41, 5.74) is 7.87. The Labute approximate surface area is 113 Å². The highest BCUT2D eigenvalue weighted by Gasteiger charge is 2.06. The van der Waals surface area contributed by atoms with Crippen molar-refractivity contribution in [1.29, 1.82) is 0 Å². The van der Waals surface area contributed by atoms with Crippen molar-refractivity contribution in [2.24, 2.45) is 0 Å². The Morgan fingerprint density at radius 1 is 1.11 bits per heavy atom. The number of aromatic nitrogens is 1. The van der Waals surface area contributed by atoms with Gasteiger partial charge in [-0.25, -0.2) is 4.98 Å². The number of nitrogens with two attached hydrogens (primary N) is 1. The molecule has 4 heteroatoms. The van der Waals surface area contributed by atoms with E-state index in [0.29, 0.717) is 12.4 Å². The molecule has 0 saturated carbocycles. The van der Waals surface area contributed by atoms with E-state index in [1.165, 1.54) is 0 Å². The molecule has 100 valence electrons. The Balaban J connectivity index is 2.09. The Morgan fingerprint density at radius 3 is 2.58 bits per heavy atom. The minimum absolute atomic E-state index is 0.435. The van der Waals surface area contributed by atoms with Gasteiger partial charge < -0.3 is 15.4 Å². The number of rotatable bonds is 5. The fourth-order valence-corrected chi connectivity index (χ4v) is 1.84. The Morgan fingerprint density at radius 2 is 1.84 bits per heavy atom. The van der Waals surface area contributed by atoms with E-state index in [-0.39, 0.29) is 0 Å². The molecular formula is C15H19N3O. The lowest BCUT2D eigenvalue weighted by atomic mass is 10.2. The molecular weight excluding hydrogens is 238 g/mol. The molecule has 1 aromatic heterocycles. The summed E-state index contributed by atoms with van der Waals surface area (Å²) in [6.07, 6.45) is 1.68. The average Bonchev–Trinajstić information content (AvgIpc) is 2.39. The van der Waals surface area contributed by atoms with Gasteiger partial charge in [-0.1, -0.05) is 24.3 Å². The molecule has 0 radical (unpaired) electrons. The maximum absolute atomic E-state index is 5.86. The molecule has 0 aliphatic rings. The highest BCUT2D eigenvalue weighted by atomic mass is 16.5. The molecule has 19 heavy (non-hydrogen) atoms. The third-order valence-electron chi connectivity index (χ3n) is 2.77. The number of anilines is 1. The van der Waals surface area contributed by atoms with Crippen LogP contribution in [0.4, 0.5) is 5.82 Å². The van der Waals surface area contributed by atoms with Gasteiger partial charge in [-0.2, -0.15) is 0 Å². The zero-order valence-electron chi connectivity index (χ0n) is 11.3. The minimum atomic E-state index is 0.435. The number of pyridine rings is 1. The zero-order valence-corrected chi connectivity index (χ0v) is 11.3. The van der Waals surface area contributed by atoms with Gasteiger partial charge in [0.15, 0.2) is 0 Å². The van der Waals surface area contributed by atoms with Crippen LogP contribution in [0.15, 0.2) is 42.6 Å². The summed E-state index contributed by atoms with van der Waals surface area (Å²) in [5.74, 6) is 1.41. The molecule has 0 bridgehead atoms. The van der Waals surface area contributed by atoms with E-state index in [1.807, 2.05) is 44.4 Å². The predicted octanol–water partition coefficient (Wildman–Crippen LogP) is 2.30. The Hall–Kier alpha value is -2.07. The van der Waals surface area contributed by atoms with Crippen LogP contribution in [0.3, 0.4) is 0 Å². The zero-order chi connectivity index (χ0) is 13.7. The third-order valence-corrected chi connectivity index (χ3v) is 2.77. The van der Waals surface area contributed by atoms with Gasteiger partial charge in [0.2, 0.25) is 0 Å². The highest BCUT2D eigenvalue weighted by molar-refractivity contribution is 5.39. The summed E-state index contributed by atoms with van der Waals surface area (Å²) in [6.45, 7) is 1.28. The summed E-state index contributed by atoms with van der Waals surface area (Å²) in [5, 5.41) is 0. The standard InChI is InChI=1S/C15H19N3O/c1-18(2)10-12-6-3-4-8-14(12)19-11-13-7-5-9-17-15(13)16/h3-9H,10-11H2,1-2H3,(H2,16,17). The van der Waals surface area contributed by atoms with Crippen molar-refractivity contribution in [3.63, 3.8) is 0 Å². The second-order valence-corrected chi connectivity index (χ2v) is 4.68.